The smallest absolute Gasteiger partial charge is 0.277 e. The van der Waals surface area contributed by atoms with Crippen LogP contribution >= 0.6 is 11.3 Å². The first kappa shape index (κ1) is 17.1. The standard InChI is InChI=1S/C18H15FN6OS/c1-11-10-27-18(22-11)23-17(26)14-9-21-16-7-6-15(24-25(14)16)20-8-12-2-4-13(19)5-3-12/h2-7,9-10H,8H2,1H3,(H,20,24)(H,22,23,26). The number of carbonyl (C=O) groups excluding carboxylic acids is 1. The molecular formula is C18H15FN6OS. The normalized spacial score (nSPS) is 10.9. The molecule has 0 atom stereocenters. The molecule has 4 aromatic rings. The largest absolute Gasteiger partial charge is 0.365 e. The molecule has 0 saturated heterocycles. The lowest BCUT2D eigenvalue weighted by Gasteiger charge is -2.07. The van der Waals surface area contributed by atoms with E-state index in [-0.39, 0.29) is 11.7 Å². The van der Waals surface area contributed by atoms with Crippen LogP contribution in [0, 0.1) is 12.7 Å². The zero-order chi connectivity index (χ0) is 18.8. The van der Waals surface area contributed by atoms with Crippen LogP contribution in [0.3, 0.4) is 0 Å². The molecule has 0 saturated carbocycles. The Labute approximate surface area is 157 Å². The van der Waals surface area contributed by atoms with E-state index >= 15 is 0 Å². The zero-order valence-electron chi connectivity index (χ0n) is 14.3. The van der Waals surface area contributed by atoms with E-state index < -0.39 is 0 Å². The van der Waals surface area contributed by atoms with E-state index in [1.54, 1.807) is 24.3 Å². The lowest BCUT2D eigenvalue weighted by atomic mass is 10.2. The molecule has 1 amide bonds. The van der Waals surface area contributed by atoms with E-state index in [0.29, 0.717) is 28.8 Å². The van der Waals surface area contributed by atoms with Crippen LogP contribution in [0.25, 0.3) is 5.65 Å². The third-order valence-corrected chi connectivity index (χ3v) is 4.70. The fraction of sp³-hybridized carbons (Fsp3) is 0.111. The molecule has 27 heavy (non-hydrogen) atoms. The van der Waals surface area contributed by atoms with Crippen molar-refractivity contribution in [2.45, 2.75) is 13.5 Å². The molecule has 4 rings (SSSR count). The molecular weight excluding hydrogens is 367 g/mol. The third kappa shape index (κ3) is 3.77. The van der Waals surface area contributed by atoms with Crippen LogP contribution in [0.5, 0.6) is 0 Å². The number of nitrogens with one attached hydrogen (secondary N) is 2. The number of aryl methyl sites for hydroxylation is 1. The fourth-order valence-electron chi connectivity index (χ4n) is 2.49. The zero-order valence-corrected chi connectivity index (χ0v) is 15.1. The predicted molar refractivity (Wildman–Crippen MR) is 102 cm³/mol. The summed E-state index contributed by atoms with van der Waals surface area (Å²) >= 11 is 1.36. The van der Waals surface area contributed by atoms with Gasteiger partial charge in [0.2, 0.25) is 0 Å². The van der Waals surface area contributed by atoms with Gasteiger partial charge in [0.05, 0.1) is 11.9 Å². The van der Waals surface area contributed by atoms with Gasteiger partial charge in [-0.25, -0.2) is 18.9 Å². The lowest BCUT2D eigenvalue weighted by molar-refractivity contribution is 0.102. The van der Waals surface area contributed by atoms with E-state index in [0.717, 1.165) is 11.3 Å². The Morgan fingerprint density at radius 2 is 2.04 bits per heavy atom. The van der Waals surface area contributed by atoms with Gasteiger partial charge in [-0.3, -0.25) is 10.1 Å². The van der Waals surface area contributed by atoms with Crippen molar-refractivity contribution in [1.29, 1.82) is 0 Å². The molecule has 0 aliphatic carbocycles. The summed E-state index contributed by atoms with van der Waals surface area (Å²) in [6.07, 6.45) is 1.47. The number of carbonyl (C=O) groups is 1. The minimum atomic E-state index is -0.333. The average molecular weight is 382 g/mol. The summed E-state index contributed by atoms with van der Waals surface area (Å²) < 4.78 is 14.5. The second-order valence-corrected chi connectivity index (χ2v) is 6.72. The summed E-state index contributed by atoms with van der Waals surface area (Å²) in [5, 5.41) is 12.7. The summed E-state index contributed by atoms with van der Waals surface area (Å²) in [5.41, 5.74) is 2.63. The molecule has 0 spiro atoms. The maximum atomic E-state index is 13.0. The van der Waals surface area contributed by atoms with E-state index in [1.165, 1.54) is 34.2 Å². The van der Waals surface area contributed by atoms with Gasteiger partial charge in [0.1, 0.15) is 11.6 Å². The van der Waals surface area contributed by atoms with E-state index in [1.807, 2.05) is 12.3 Å². The molecule has 0 aliphatic rings. The number of fused-ring (bicyclic) bond motifs is 1. The van der Waals surface area contributed by atoms with E-state index in [2.05, 4.69) is 25.7 Å². The van der Waals surface area contributed by atoms with Crippen LogP contribution in [0.15, 0.2) is 48.0 Å². The monoisotopic (exact) mass is 382 g/mol. The quantitative estimate of drug-likeness (QED) is 0.552. The highest BCUT2D eigenvalue weighted by atomic mass is 32.1. The Kier molecular flexibility index (Phi) is 4.51. The molecule has 9 heteroatoms. The van der Waals surface area contributed by atoms with Crippen molar-refractivity contribution in [1.82, 2.24) is 19.6 Å². The Bertz CT molecular complexity index is 1100. The van der Waals surface area contributed by atoms with Crippen molar-refractivity contribution in [2.24, 2.45) is 0 Å². The Morgan fingerprint density at radius 3 is 2.78 bits per heavy atom. The number of rotatable bonds is 5. The van der Waals surface area contributed by atoms with Gasteiger partial charge in [-0.05, 0) is 36.8 Å². The number of aromatic nitrogens is 4. The second-order valence-electron chi connectivity index (χ2n) is 5.86. The fourth-order valence-corrected chi connectivity index (χ4v) is 3.17. The number of halogens is 1. The van der Waals surface area contributed by atoms with Crippen LogP contribution < -0.4 is 10.6 Å². The second kappa shape index (κ2) is 7.12. The van der Waals surface area contributed by atoms with Gasteiger partial charge in [-0.15, -0.1) is 16.4 Å². The van der Waals surface area contributed by atoms with Crippen LogP contribution in [-0.4, -0.2) is 25.5 Å². The van der Waals surface area contributed by atoms with Crippen molar-refractivity contribution >= 4 is 33.8 Å². The van der Waals surface area contributed by atoms with E-state index in [4.69, 9.17) is 0 Å². The SMILES string of the molecule is Cc1csc(NC(=O)c2cnc3ccc(NCc4ccc(F)cc4)nn23)n1. The van der Waals surface area contributed by atoms with Crippen molar-refractivity contribution in [3.05, 3.63) is 70.7 Å². The summed E-state index contributed by atoms with van der Waals surface area (Å²) in [6, 6.07) is 9.76. The molecule has 2 N–H and O–H groups in total. The van der Waals surface area contributed by atoms with Gasteiger partial charge in [-0.2, -0.15) is 0 Å². The first-order valence-corrected chi connectivity index (χ1v) is 9.03. The highest BCUT2D eigenvalue weighted by molar-refractivity contribution is 7.13. The minimum absolute atomic E-state index is 0.275. The van der Waals surface area contributed by atoms with Crippen LogP contribution in [-0.2, 0) is 6.54 Å². The molecule has 3 aromatic heterocycles. The van der Waals surface area contributed by atoms with Gasteiger partial charge in [0.25, 0.3) is 5.91 Å². The molecule has 0 radical (unpaired) electrons. The molecule has 0 unspecified atom stereocenters. The summed E-state index contributed by atoms with van der Waals surface area (Å²) in [5.74, 6) is -0.0354. The molecule has 0 bridgehead atoms. The van der Waals surface area contributed by atoms with Crippen LogP contribution in [0.2, 0.25) is 0 Å². The summed E-state index contributed by atoms with van der Waals surface area (Å²) in [4.78, 5) is 21.0. The van der Waals surface area contributed by atoms with E-state index in [9.17, 15) is 9.18 Å². The summed E-state index contributed by atoms with van der Waals surface area (Å²) in [7, 11) is 0. The van der Waals surface area contributed by atoms with Crippen molar-refractivity contribution in [3.63, 3.8) is 0 Å². The predicted octanol–water partition coefficient (Wildman–Crippen LogP) is 3.50. The number of nitrogens with zero attached hydrogens (tertiary/aromatic N) is 4. The van der Waals surface area contributed by atoms with Gasteiger partial charge in [0.15, 0.2) is 16.5 Å². The highest BCUT2D eigenvalue weighted by Crippen LogP contribution is 2.17. The molecule has 3 heterocycles. The van der Waals surface area contributed by atoms with Crippen molar-refractivity contribution in [2.75, 3.05) is 10.6 Å². The average Bonchev–Trinajstić information content (AvgIpc) is 3.27. The Hall–Kier alpha value is -3.33. The number of imidazole rings is 1. The van der Waals surface area contributed by atoms with Crippen molar-refractivity contribution in [3.8, 4) is 0 Å². The van der Waals surface area contributed by atoms with Crippen LogP contribution in [0.4, 0.5) is 15.3 Å². The molecule has 0 fully saturated rings. The maximum absolute atomic E-state index is 13.0. The topological polar surface area (TPSA) is 84.2 Å². The number of hydrogen-bond donors (Lipinski definition) is 2. The summed E-state index contributed by atoms with van der Waals surface area (Å²) in [6.45, 7) is 2.34. The van der Waals surface area contributed by atoms with Gasteiger partial charge in [-0.1, -0.05) is 12.1 Å². The molecule has 7 nitrogen and oxygen atoms in total. The molecule has 0 aliphatic heterocycles. The van der Waals surface area contributed by atoms with Gasteiger partial charge in [0, 0.05) is 11.9 Å². The maximum Gasteiger partial charge on any atom is 0.277 e. The number of anilines is 2. The lowest BCUT2D eigenvalue weighted by Crippen LogP contribution is -2.15. The highest BCUT2D eigenvalue weighted by Gasteiger charge is 2.15. The Balaban J connectivity index is 1.53. The number of hydrogen-bond acceptors (Lipinski definition) is 6. The first-order chi connectivity index (χ1) is 13.1. The number of thiazole rings is 1. The molecule has 136 valence electrons. The number of benzene rings is 1. The van der Waals surface area contributed by atoms with Crippen molar-refractivity contribution < 1.29 is 9.18 Å². The van der Waals surface area contributed by atoms with Crippen LogP contribution in [0.1, 0.15) is 21.7 Å². The van der Waals surface area contributed by atoms with Gasteiger partial charge >= 0.3 is 0 Å². The van der Waals surface area contributed by atoms with Gasteiger partial charge < -0.3 is 5.32 Å². The third-order valence-electron chi connectivity index (χ3n) is 3.82. The first-order valence-electron chi connectivity index (χ1n) is 8.15. The Morgan fingerprint density at radius 1 is 1.22 bits per heavy atom. The number of amides is 1. The minimum Gasteiger partial charge on any atom is -0.365 e. The molecule has 1 aromatic carbocycles.